The highest BCUT2D eigenvalue weighted by Crippen LogP contribution is 2.25. The molecule has 2 aromatic heterocycles. The Morgan fingerprint density at radius 1 is 1.22 bits per heavy atom. The third-order valence-corrected chi connectivity index (χ3v) is 5.09. The van der Waals surface area contributed by atoms with E-state index < -0.39 is 0 Å². The number of aromatic nitrogens is 3. The highest BCUT2D eigenvalue weighted by atomic mass is 15.3. The van der Waals surface area contributed by atoms with E-state index >= 15 is 0 Å². The van der Waals surface area contributed by atoms with Crippen LogP contribution >= 0.6 is 0 Å². The van der Waals surface area contributed by atoms with Gasteiger partial charge >= 0.3 is 0 Å². The molecule has 0 bridgehead atoms. The molecule has 3 heterocycles. The standard InChI is InChI=1S/C21H26N6/c1-15-13-22-10-11-27(15)20-12-18(24-16(2)25-20)14-26(3)19-8-4-6-17-7-5-9-23-21(17)19/h4-9,12,15,22H,10-11,13-14H2,1-3H3/t15-/m1/s1. The first kappa shape index (κ1) is 17.7. The number of nitrogens with zero attached hydrogens (tertiary/aromatic N) is 5. The Hall–Kier alpha value is -2.73. The summed E-state index contributed by atoms with van der Waals surface area (Å²) in [6.07, 6.45) is 1.85. The van der Waals surface area contributed by atoms with Crippen LogP contribution < -0.4 is 15.1 Å². The zero-order valence-corrected chi connectivity index (χ0v) is 16.2. The number of pyridine rings is 1. The van der Waals surface area contributed by atoms with Crippen LogP contribution in [0.3, 0.4) is 0 Å². The fourth-order valence-corrected chi connectivity index (χ4v) is 3.75. The van der Waals surface area contributed by atoms with E-state index in [1.54, 1.807) is 0 Å². The SMILES string of the molecule is Cc1nc(CN(C)c2cccc3cccnc23)cc(N2CCNC[C@H]2C)n1. The van der Waals surface area contributed by atoms with E-state index in [2.05, 4.69) is 69.4 Å². The molecule has 1 aliphatic heterocycles. The van der Waals surface area contributed by atoms with Crippen molar-refractivity contribution in [3.63, 3.8) is 0 Å². The van der Waals surface area contributed by atoms with Crippen LogP contribution in [0.4, 0.5) is 11.5 Å². The summed E-state index contributed by atoms with van der Waals surface area (Å²) in [5, 5.41) is 4.58. The summed E-state index contributed by atoms with van der Waals surface area (Å²) < 4.78 is 0. The topological polar surface area (TPSA) is 57.2 Å². The fourth-order valence-electron chi connectivity index (χ4n) is 3.75. The van der Waals surface area contributed by atoms with Gasteiger partial charge in [-0.15, -0.1) is 0 Å². The van der Waals surface area contributed by atoms with Crippen molar-refractivity contribution in [3.8, 4) is 0 Å². The number of aryl methyl sites for hydroxylation is 1. The van der Waals surface area contributed by atoms with Crippen LogP contribution in [0.5, 0.6) is 0 Å². The molecule has 27 heavy (non-hydrogen) atoms. The number of hydrogen-bond acceptors (Lipinski definition) is 6. The van der Waals surface area contributed by atoms with E-state index in [0.29, 0.717) is 12.6 Å². The van der Waals surface area contributed by atoms with Gasteiger partial charge in [0.1, 0.15) is 11.6 Å². The van der Waals surface area contributed by atoms with Crippen molar-refractivity contribution in [1.82, 2.24) is 20.3 Å². The van der Waals surface area contributed by atoms with Crippen LogP contribution in [0.25, 0.3) is 10.9 Å². The number of nitrogens with one attached hydrogen (secondary N) is 1. The van der Waals surface area contributed by atoms with Gasteiger partial charge in [0.05, 0.1) is 23.4 Å². The number of rotatable bonds is 4. The van der Waals surface area contributed by atoms with Gasteiger partial charge in [-0.05, 0) is 26.0 Å². The number of piperazine rings is 1. The van der Waals surface area contributed by atoms with Gasteiger partial charge in [-0.2, -0.15) is 0 Å². The van der Waals surface area contributed by atoms with Crippen molar-refractivity contribution in [2.75, 3.05) is 36.5 Å². The minimum absolute atomic E-state index is 0.431. The van der Waals surface area contributed by atoms with E-state index in [9.17, 15) is 0 Å². The molecule has 0 unspecified atom stereocenters. The Labute approximate surface area is 160 Å². The van der Waals surface area contributed by atoms with Gasteiger partial charge in [-0.25, -0.2) is 9.97 Å². The second-order valence-corrected chi connectivity index (χ2v) is 7.22. The summed E-state index contributed by atoms with van der Waals surface area (Å²) in [5.41, 5.74) is 3.16. The van der Waals surface area contributed by atoms with Crippen LogP contribution in [-0.2, 0) is 6.54 Å². The maximum absolute atomic E-state index is 4.69. The maximum Gasteiger partial charge on any atom is 0.132 e. The molecule has 1 N–H and O–H groups in total. The molecule has 1 aliphatic rings. The quantitative estimate of drug-likeness (QED) is 0.770. The van der Waals surface area contributed by atoms with Gasteiger partial charge < -0.3 is 15.1 Å². The van der Waals surface area contributed by atoms with E-state index in [0.717, 1.165) is 53.6 Å². The van der Waals surface area contributed by atoms with E-state index in [-0.39, 0.29) is 0 Å². The zero-order valence-electron chi connectivity index (χ0n) is 16.2. The van der Waals surface area contributed by atoms with Crippen LogP contribution in [0.1, 0.15) is 18.4 Å². The van der Waals surface area contributed by atoms with Crippen LogP contribution in [0.2, 0.25) is 0 Å². The van der Waals surface area contributed by atoms with Gasteiger partial charge in [0, 0.05) is 50.4 Å². The lowest BCUT2D eigenvalue weighted by Gasteiger charge is -2.35. The molecule has 0 aliphatic carbocycles. The Morgan fingerprint density at radius 3 is 2.93 bits per heavy atom. The first-order chi connectivity index (χ1) is 13.1. The summed E-state index contributed by atoms with van der Waals surface area (Å²) in [4.78, 5) is 18.5. The molecule has 4 rings (SSSR count). The molecule has 3 aromatic rings. The largest absolute Gasteiger partial charge is 0.367 e. The summed E-state index contributed by atoms with van der Waals surface area (Å²) >= 11 is 0. The van der Waals surface area contributed by atoms with Gasteiger partial charge in [0.25, 0.3) is 0 Å². The monoisotopic (exact) mass is 362 g/mol. The number of anilines is 2. The third-order valence-electron chi connectivity index (χ3n) is 5.09. The average Bonchev–Trinajstić information content (AvgIpc) is 2.67. The van der Waals surface area contributed by atoms with Crippen LogP contribution in [0, 0.1) is 6.92 Å². The summed E-state index contributed by atoms with van der Waals surface area (Å²) in [6, 6.07) is 12.9. The van der Waals surface area contributed by atoms with Crippen molar-refractivity contribution in [2.45, 2.75) is 26.4 Å². The molecular weight excluding hydrogens is 336 g/mol. The molecule has 1 fully saturated rings. The molecule has 0 amide bonds. The first-order valence-electron chi connectivity index (χ1n) is 9.48. The van der Waals surface area contributed by atoms with Crippen molar-refractivity contribution < 1.29 is 0 Å². The molecular formula is C21H26N6. The Balaban J connectivity index is 1.62. The fraction of sp³-hybridized carbons (Fsp3) is 0.381. The smallest absolute Gasteiger partial charge is 0.132 e. The van der Waals surface area contributed by atoms with E-state index in [4.69, 9.17) is 4.98 Å². The highest BCUT2D eigenvalue weighted by Gasteiger charge is 2.20. The number of fused-ring (bicyclic) bond motifs is 1. The number of hydrogen-bond donors (Lipinski definition) is 1. The molecule has 0 saturated carbocycles. The van der Waals surface area contributed by atoms with Crippen molar-refractivity contribution in [3.05, 3.63) is 54.1 Å². The van der Waals surface area contributed by atoms with E-state index in [1.165, 1.54) is 0 Å². The number of para-hydroxylation sites is 1. The van der Waals surface area contributed by atoms with Crippen molar-refractivity contribution in [1.29, 1.82) is 0 Å². The average molecular weight is 362 g/mol. The Morgan fingerprint density at radius 2 is 2.07 bits per heavy atom. The minimum Gasteiger partial charge on any atom is -0.367 e. The first-order valence-corrected chi connectivity index (χ1v) is 9.48. The molecule has 1 aromatic carbocycles. The number of benzene rings is 1. The van der Waals surface area contributed by atoms with Gasteiger partial charge in [0.2, 0.25) is 0 Å². The summed E-state index contributed by atoms with van der Waals surface area (Å²) in [6.45, 7) is 7.87. The molecule has 0 radical (unpaired) electrons. The molecule has 140 valence electrons. The lowest BCUT2D eigenvalue weighted by atomic mass is 10.1. The third kappa shape index (κ3) is 3.71. The Bertz CT molecular complexity index is 936. The zero-order chi connectivity index (χ0) is 18.8. The highest BCUT2D eigenvalue weighted by molar-refractivity contribution is 5.90. The van der Waals surface area contributed by atoms with Gasteiger partial charge in [-0.3, -0.25) is 4.98 Å². The molecule has 6 nitrogen and oxygen atoms in total. The van der Waals surface area contributed by atoms with Gasteiger partial charge in [0.15, 0.2) is 0 Å². The van der Waals surface area contributed by atoms with Crippen LogP contribution in [-0.4, -0.2) is 47.7 Å². The normalized spacial score (nSPS) is 17.3. The molecule has 1 saturated heterocycles. The maximum atomic E-state index is 4.69. The predicted octanol–water partition coefficient (Wildman–Crippen LogP) is 2.77. The van der Waals surface area contributed by atoms with Crippen molar-refractivity contribution in [2.24, 2.45) is 0 Å². The van der Waals surface area contributed by atoms with Gasteiger partial charge in [-0.1, -0.05) is 18.2 Å². The Kier molecular flexibility index (Phi) is 4.90. The lowest BCUT2D eigenvalue weighted by molar-refractivity contribution is 0.496. The predicted molar refractivity (Wildman–Crippen MR) is 110 cm³/mol. The minimum atomic E-state index is 0.431. The van der Waals surface area contributed by atoms with E-state index in [1.807, 2.05) is 19.2 Å². The molecule has 1 atom stereocenters. The lowest BCUT2D eigenvalue weighted by Crippen LogP contribution is -2.50. The van der Waals surface area contributed by atoms with Crippen molar-refractivity contribution >= 4 is 22.4 Å². The molecule has 6 heteroatoms. The molecule has 0 spiro atoms. The second kappa shape index (κ2) is 7.48. The summed E-state index contributed by atoms with van der Waals surface area (Å²) in [5.74, 6) is 1.84. The van der Waals surface area contributed by atoms with Crippen LogP contribution in [0.15, 0.2) is 42.6 Å². The summed E-state index contributed by atoms with van der Waals surface area (Å²) in [7, 11) is 2.09. The second-order valence-electron chi connectivity index (χ2n) is 7.22.